The molecule has 1 aromatic carbocycles. The Hall–Kier alpha value is -0.870. The fraction of sp³-hybridized carbons (Fsp3) is 0.300. The fourth-order valence-electron chi connectivity index (χ4n) is 1.13. The van der Waals surface area contributed by atoms with Gasteiger partial charge in [-0.3, -0.25) is 4.79 Å². The van der Waals surface area contributed by atoms with Crippen molar-refractivity contribution in [2.45, 2.75) is 13.0 Å². The van der Waals surface area contributed by atoms with Crippen molar-refractivity contribution in [3.63, 3.8) is 0 Å². The molecule has 4 heteroatoms. The normalized spacial score (nSPS) is 12.4. The van der Waals surface area contributed by atoms with Crippen molar-refractivity contribution in [2.75, 3.05) is 6.54 Å². The molecule has 0 spiro atoms. The highest BCUT2D eigenvalue weighted by Crippen LogP contribution is 2.17. The molecule has 0 unspecified atom stereocenters. The number of benzene rings is 1. The molecular formula is C10H12BrNO2. The van der Waals surface area contributed by atoms with E-state index >= 15 is 0 Å². The van der Waals surface area contributed by atoms with Gasteiger partial charge in [-0.25, -0.2) is 0 Å². The van der Waals surface area contributed by atoms with Crippen molar-refractivity contribution in [3.05, 3.63) is 34.3 Å². The van der Waals surface area contributed by atoms with Gasteiger partial charge in [0.05, 0.1) is 6.54 Å². The minimum atomic E-state index is -0.841. The van der Waals surface area contributed by atoms with E-state index < -0.39 is 5.97 Å². The average Bonchev–Trinajstić information content (AvgIpc) is 2.14. The van der Waals surface area contributed by atoms with Crippen LogP contribution in [-0.4, -0.2) is 17.6 Å². The van der Waals surface area contributed by atoms with Crippen LogP contribution in [0.15, 0.2) is 28.7 Å². The molecule has 0 saturated carbocycles. The summed E-state index contributed by atoms with van der Waals surface area (Å²) in [7, 11) is 0. The predicted octanol–water partition coefficient (Wildman–Crippen LogP) is 2.18. The Kier molecular flexibility index (Phi) is 4.10. The molecule has 0 saturated heterocycles. The Bertz CT molecular complexity index is 328. The lowest BCUT2D eigenvalue weighted by Crippen LogP contribution is -2.25. The van der Waals surface area contributed by atoms with Crippen LogP contribution in [-0.2, 0) is 4.79 Å². The second kappa shape index (κ2) is 5.12. The van der Waals surface area contributed by atoms with Crippen molar-refractivity contribution in [1.29, 1.82) is 0 Å². The van der Waals surface area contributed by atoms with Gasteiger partial charge in [-0.05, 0) is 24.6 Å². The highest BCUT2D eigenvalue weighted by molar-refractivity contribution is 9.10. The number of hydrogen-bond acceptors (Lipinski definition) is 2. The molecule has 0 fully saturated rings. The first-order valence-corrected chi connectivity index (χ1v) is 5.09. The Morgan fingerprint density at radius 2 is 2.36 bits per heavy atom. The summed E-state index contributed by atoms with van der Waals surface area (Å²) in [6.45, 7) is 1.92. The molecular weight excluding hydrogens is 246 g/mol. The predicted molar refractivity (Wildman–Crippen MR) is 58.2 cm³/mol. The number of carboxylic acids is 1. The fourth-order valence-corrected chi connectivity index (χ4v) is 1.55. The number of nitrogens with one attached hydrogen (secondary N) is 1. The molecule has 0 radical (unpaired) electrons. The molecule has 0 aliphatic rings. The number of halogens is 1. The number of hydrogen-bond donors (Lipinski definition) is 2. The van der Waals surface area contributed by atoms with E-state index in [0.717, 1.165) is 10.0 Å². The van der Waals surface area contributed by atoms with Gasteiger partial charge in [-0.2, -0.15) is 0 Å². The van der Waals surface area contributed by atoms with Crippen molar-refractivity contribution in [2.24, 2.45) is 0 Å². The van der Waals surface area contributed by atoms with E-state index in [2.05, 4.69) is 21.2 Å². The van der Waals surface area contributed by atoms with Crippen molar-refractivity contribution >= 4 is 21.9 Å². The zero-order chi connectivity index (χ0) is 10.6. The van der Waals surface area contributed by atoms with Gasteiger partial charge in [0.2, 0.25) is 0 Å². The molecule has 3 nitrogen and oxygen atoms in total. The number of carbonyl (C=O) groups is 1. The molecule has 0 aliphatic heterocycles. The van der Waals surface area contributed by atoms with Crippen molar-refractivity contribution in [3.8, 4) is 0 Å². The summed E-state index contributed by atoms with van der Waals surface area (Å²) in [5.41, 5.74) is 1.07. The van der Waals surface area contributed by atoms with Crippen LogP contribution in [0.4, 0.5) is 0 Å². The van der Waals surface area contributed by atoms with Gasteiger partial charge in [0.1, 0.15) is 0 Å². The minimum Gasteiger partial charge on any atom is -0.480 e. The monoisotopic (exact) mass is 257 g/mol. The average molecular weight is 258 g/mol. The van der Waals surface area contributed by atoms with E-state index in [-0.39, 0.29) is 12.6 Å². The SMILES string of the molecule is C[C@@H](NCC(=O)O)c1cccc(Br)c1. The van der Waals surface area contributed by atoms with Crippen LogP contribution in [0.1, 0.15) is 18.5 Å². The third-order valence-corrected chi connectivity index (χ3v) is 2.40. The summed E-state index contributed by atoms with van der Waals surface area (Å²) in [6.07, 6.45) is 0. The molecule has 1 aromatic rings. The maximum atomic E-state index is 10.3. The molecule has 14 heavy (non-hydrogen) atoms. The lowest BCUT2D eigenvalue weighted by Gasteiger charge is -2.12. The number of rotatable bonds is 4. The van der Waals surface area contributed by atoms with Crippen LogP contribution in [0.2, 0.25) is 0 Å². The lowest BCUT2D eigenvalue weighted by molar-refractivity contribution is -0.136. The van der Waals surface area contributed by atoms with Gasteiger partial charge in [0.25, 0.3) is 0 Å². The summed E-state index contributed by atoms with van der Waals surface area (Å²) in [6, 6.07) is 7.85. The summed E-state index contributed by atoms with van der Waals surface area (Å²) in [5.74, 6) is -0.841. The van der Waals surface area contributed by atoms with Gasteiger partial charge in [0, 0.05) is 10.5 Å². The third-order valence-electron chi connectivity index (χ3n) is 1.91. The maximum Gasteiger partial charge on any atom is 0.317 e. The van der Waals surface area contributed by atoms with Crippen molar-refractivity contribution in [1.82, 2.24) is 5.32 Å². The van der Waals surface area contributed by atoms with Gasteiger partial charge >= 0.3 is 5.97 Å². The molecule has 0 aromatic heterocycles. The van der Waals surface area contributed by atoms with Crippen LogP contribution >= 0.6 is 15.9 Å². The summed E-state index contributed by atoms with van der Waals surface area (Å²) < 4.78 is 0.999. The second-order valence-corrected chi connectivity index (χ2v) is 3.97. The van der Waals surface area contributed by atoms with Gasteiger partial charge in [-0.1, -0.05) is 28.1 Å². The van der Waals surface area contributed by atoms with Crippen LogP contribution in [0, 0.1) is 0 Å². The molecule has 0 bridgehead atoms. The Labute approximate surface area is 91.3 Å². The minimum absolute atomic E-state index is 0.0202. The first-order chi connectivity index (χ1) is 6.59. The molecule has 76 valence electrons. The molecule has 2 N–H and O–H groups in total. The van der Waals surface area contributed by atoms with Gasteiger partial charge in [0.15, 0.2) is 0 Å². The van der Waals surface area contributed by atoms with Crippen LogP contribution in [0.5, 0.6) is 0 Å². The molecule has 0 heterocycles. The smallest absolute Gasteiger partial charge is 0.317 e. The summed E-state index contributed by atoms with van der Waals surface area (Å²) in [4.78, 5) is 10.3. The maximum absolute atomic E-state index is 10.3. The van der Waals surface area contributed by atoms with E-state index in [1.165, 1.54) is 0 Å². The number of aliphatic carboxylic acids is 1. The van der Waals surface area contributed by atoms with Crippen LogP contribution in [0.3, 0.4) is 0 Å². The topological polar surface area (TPSA) is 49.3 Å². The highest BCUT2D eigenvalue weighted by atomic mass is 79.9. The first kappa shape index (κ1) is 11.2. The lowest BCUT2D eigenvalue weighted by atomic mass is 10.1. The van der Waals surface area contributed by atoms with Crippen molar-refractivity contribution < 1.29 is 9.90 Å². The second-order valence-electron chi connectivity index (χ2n) is 3.05. The van der Waals surface area contributed by atoms with Gasteiger partial charge in [-0.15, -0.1) is 0 Å². The molecule has 0 aliphatic carbocycles. The largest absolute Gasteiger partial charge is 0.480 e. The van der Waals surface area contributed by atoms with Crippen LogP contribution < -0.4 is 5.32 Å². The molecule has 1 rings (SSSR count). The Morgan fingerprint density at radius 3 is 2.93 bits per heavy atom. The Morgan fingerprint density at radius 1 is 1.64 bits per heavy atom. The zero-order valence-electron chi connectivity index (χ0n) is 7.83. The highest BCUT2D eigenvalue weighted by Gasteiger charge is 2.06. The van der Waals surface area contributed by atoms with E-state index in [0.29, 0.717) is 0 Å². The zero-order valence-corrected chi connectivity index (χ0v) is 9.41. The quantitative estimate of drug-likeness (QED) is 0.870. The number of carboxylic acid groups (broad SMARTS) is 1. The molecule has 1 atom stereocenters. The third kappa shape index (κ3) is 3.47. The van der Waals surface area contributed by atoms with Crippen LogP contribution in [0.25, 0.3) is 0 Å². The van der Waals surface area contributed by atoms with E-state index in [9.17, 15) is 4.79 Å². The summed E-state index contributed by atoms with van der Waals surface area (Å²) in [5, 5.41) is 11.4. The first-order valence-electron chi connectivity index (χ1n) is 4.30. The molecule has 0 amide bonds. The van der Waals surface area contributed by atoms with E-state index in [1.54, 1.807) is 0 Å². The van der Waals surface area contributed by atoms with E-state index in [4.69, 9.17) is 5.11 Å². The van der Waals surface area contributed by atoms with Gasteiger partial charge < -0.3 is 10.4 Å². The van der Waals surface area contributed by atoms with E-state index in [1.807, 2.05) is 31.2 Å². The standard InChI is InChI=1S/C10H12BrNO2/c1-7(12-6-10(13)14)8-3-2-4-9(11)5-8/h2-5,7,12H,6H2,1H3,(H,13,14)/t7-/m1/s1. The Balaban J connectivity index is 2.60. The summed E-state index contributed by atoms with van der Waals surface area (Å²) >= 11 is 3.37.